The molecular weight excluding hydrogens is 348 g/mol. The van der Waals surface area contributed by atoms with E-state index in [-0.39, 0.29) is 4.90 Å². The molecule has 1 N–H and O–H groups in total. The smallest absolute Gasteiger partial charge is 0.294 e. The lowest BCUT2D eigenvalue weighted by Gasteiger charge is -2.10. The van der Waals surface area contributed by atoms with E-state index in [1.165, 1.54) is 12.1 Å². The van der Waals surface area contributed by atoms with Gasteiger partial charge in [0, 0.05) is 12.1 Å². The molecule has 0 unspecified atom stereocenters. The second kappa shape index (κ2) is 6.40. The molecule has 26 heavy (non-hydrogen) atoms. The molecule has 0 aliphatic rings. The van der Waals surface area contributed by atoms with Crippen LogP contribution in [-0.4, -0.2) is 22.5 Å². The monoisotopic (exact) mass is 364 g/mol. The second-order valence-corrected chi connectivity index (χ2v) is 7.42. The number of hydrogen-bond acceptors (Lipinski definition) is 3. The molecule has 0 radical (unpaired) electrons. The van der Waals surface area contributed by atoms with Crippen molar-refractivity contribution in [2.45, 2.75) is 11.4 Å². The second-order valence-electron chi connectivity index (χ2n) is 6.00. The summed E-state index contributed by atoms with van der Waals surface area (Å²) in [5.41, 5.74) is 3.38. The fourth-order valence-corrected chi connectivity index (χ4v) is 3.50. The topological polar surface area (TPSA) is 72.2 Å². The van der Waals surface area contributed by atoms with Crippen LogP contribution in [0.2, 0.25) is 0 Å². The molecule has 0 fully saturated rings. The molecule has 0 aliphatic carbocycles. The van der Waals surface area contributed by atoms with Crippen LogP contribution < -0.4 is 0 Å². The quantitative estimate of drug-likeness (QED) is 0.556. The molecule has 4 rings (SSSR count). The van der Waals surface area contributed by atoms with Crippen LogP contribution in [0.1, 0.15) is 5.56 Å². The molecule has 3 aromatic carbocycles. The largest absolute Gasteiger partial charge is 0.319 e. The Bertz CT molecular complexity index is 1170. The first-order valence-electron chi connectivity index (χ1n) is 8.09. The number of nitrogens with zero attached hydrogens (tertiary/aromatic N) is 2. The summed E-state index contributed by atoms with van der Waals surface area (Å²) in [6, 6.07) is 24.2. The number of rotatable bonds is 4. The average Bonchev–Trinajstić information content (AvgIpc) is 3.00. The van der Waals surface area contributed by atoms with Gasteiger partial charge in [-0.2, -0.15) is 8.42 Å². The highest BCUT2D eigenvalue weighted by Gasteiger charge is 2.16. The van der Waals surface area contributed by atoms with Gasteiger partial charge in [0.1, 0.15) is 5.82 Å². The molecule has 1 heterocycles. The maximum absolute atomic E-state index is 11.5. The summed E-state index contributed by atoms with van der Waals surface area (Å²) in [5, 5.41) is 0. The predicted molar refractivity (Wildman–Crippen MR) is 101 cm³/mol. The van der Waals surface area contributed by atoms with Crippen LogP contribution in [0.3, 0.4) is 0 Å². The number of imidazole rings is 1. The standard InChI is InChI=1S/C20H16N2O3S/c23-26(24,25)17-11-12-19-18(13-17)21-20(16-9-5-2-6-10-16)22(19)14-15-7-3-1-4-8-15/h1-13H,14H2,(H,23,24,25). The van der Waals surface area contributed by atoms with Gasteiger partial charge in [-0.25, -0.2) is 4.98 Å². The summed E-state index contributed by atoms with van der Waals surface area (Å²) >= 11 is 0. The zero-order chi connectivity index (χ0) is 18.1. The maximum atomic E-state index is 11.5. The molecule has 130 valence electrons. The van der Waals surface area contributed by atoms with Gasteiger partial charge in [0.15, 0.2) is 0 Å². The molecule has 1 aromatic heterocycles. The molecule has 0 saturated carbocycles. The summed E-state index contributed by atoms with van der Waals surface area (Å²) in [6.45, 7) is 0.604. The minimum absolute atomic E-state index is 0.158. The Morgan fingerprint density at radius 1 is 0.885 bits per heavy atom. The summed E-state index contributed by atoms with van der Waals surface area (Å²) in [7, 11) is -4.27. The lowest BCUT2D eigenvalue weighted by Crippen LogP contribution is -2.02. The van der Waals surface area contributed by atoms with Crippen LogP contribution >= 0.6 is 0 Å². The van der Waals surface area contributed by atoms with Crippen LogP contribution in [-0.2, 0) is 16.7 Å². The Hall–Kier alpha value is -2.96. The summed E-state index contributed by atoms with van der Waals surface area (Å²) in [4.78, 5) is 4.48. The van der Waals surface area contributed by atoms with E-state index in [4.69, 9.17) is 0 Å². The first-order chi connectivity index (χ1) is 12.5. The van der Waals surface area contributed by atoms with Crippen molar-refractivity contribution in [1.82, 2.24) is 9.55 Å². The van der Waals surface area contributed by atoms with Crippen LogP contribution in [0, 0.1) is 0 Å². The molecule has 0 bridgehead atoms. The van der Waals surface area contributed by atoms with E-state index >= 15 is 0 Å². The van der Waals surface area contributed by atoms with E-state index < -0.39 is 10.1 Å². The highest BCUT2D eigenvalue weighted by Crippen LogP contribution is 2.27. The van der Waals surface area contributed by atoms with Crippen molar-refractivity contribution < 1.29 is 13.0 Å². The van der Waals surface area contributed by atoms with E-state index in [0.29, 0.717) is 12.1 Å². The third-order valence-corrected chi connectivity index (χ3v) is 5.08. The zero-order valence-corrected chi connectivity index (χ0v) is 14.6. The van der Waals surface area contributed by atoms with Gasteiger partial charge >= 0.3 is 0 Å². The Balaban J connectivity index is 1.94. The zero-order valence-electron chi connectivity index (χ0n) is 13.8. The number of hydrogen-bond donors (Lipinski definition) is 1. The van der Waals surface area contributed by atoms with Crippen molar-refractivity contribution in [3.8, 4) is 11.4 Å². The molecule has 0 saturated heterocycles. The van der Waals surface area contributed by atoms with Crippen LogP contribution in [0.25, 0.3) is 22.4 Å². The maximum Gasteiger partial charge on any atom is 0.294 e. The van der Waals surface area contributed by atoms with Crippen molar-refractivity contribution in [2.75, 3.05) is 0 Å². The van der Waals surface area contributed by atoms with Crippen molar-refractivity contribution in [1.29, 1.82) is 0 Å². The van der Waals surface area contributed by atoms with Gasteiger partial charge in [-0.05, 0) is 23.8 Å². The van der Waals surface area contributed by atoms with Gasteiger partial charge in [-0.3, -0.25) is 4.55 Å². The molecule has 0 amide bonds. The van der Waals surface area contributed by atoms with Crippen LogP contribution in [0.4, 0.5) is 0 Å². The van der Waals surface area contributed by atoms with Crippen molar-refractivity contribution >= 4 is 21.2 Å². The molecule has 5 nitrogen and oxygen atoms in total. The van der Waals surface area contributed by atoms with Gasteiger partial charge < -0.3 is 4.57 Å². The van der Waals surface area contributed by atoms with E-state index in [2.05, 4.69) is 4.98 Å². The van der Waals surface area contributed by atoms with E-state index in [1.807, 2.05) is 65.2 Å². The highest BCUT2D eigenvalue weighted by molar-refractivity contribution is 7.85. The van der Waals surface area contributed by atoms with E-state index in [9.17, 15) is 13.0 Å². The third-order valence-electron chi connectivity index (χ3n) is 4.23. The third kappa shape index (κ3) is 3.12. The fraction of sp³-hybridized carbons (Fsp3) is 0.0500. The highest BCUT2D eigenvalue weighted by atomic mass is 32.2. The molecule has 6 heteroatoms. The lowest BCUT2D eigenvalue weighted by molar-refractivity contribution is 0.483. The first-order valence-corrected chi connectivity index (χ1v) is 9.53. The molecule has 0 aliphatic heterocycles. The Labute approximate surface area is 151 Å². The summed E-state index contributed by atoms with van der Waals surface area (Å²) < 4.78 is 34.3. The lowest BCUT2D eigenvalue weighted by atomic mass is 10.2. The minimum Gasteiger partial charge on any atom is -0.319 e. The molecule has 4 aromatic rings. The van der Waals surface area contributed by atoms with Crippen LogP contribution in [0.5, 0.6) is 0 Å². The number of benzene rings is 3. The SMILES string of the molecule is O=S(=O)(O)c1ccc2c(c1)nc(-c1ccccc1)n2Cc1ccccc1. The van der Waals surface area contributed by atoms with Crippen LogP contribution in [0.15, 0.2) is 83.8 Å². The van der Waals surface area contributed by atoms with Crippen molar-refractivity contribution in [3.05, 3.63) is 84.4 Å². The fourth-order valence-electron chi connectivity index (χ4n) is 3.00. The minimum atomic E-state index is -4.27. The summed E-state index contributed by atoms with van der Waals surface area (Å²) in [5.74, 6) is 0.747. The molecule has 0 atom stereocenters. The van der Waals surface area contributed by atoms with Gasteiger partial charge in [-0.1, -0.05) is 60.7 Å². The normalized spacial score (nSPS) is 11.7. The van der Waals surface area contributed by atoms with Crippen molar-refractivity contribution in [3.63, 3.8) is 0 Å². The predicted octanol–water partition coefficient (Wildman–Crippen LogP) is 4.00. The summed E-state index contributed by atoms with van der Waals surface area (Å²) in [6.07, 6.45) is 0. The Morgan fingerprint density at radius 3 is 2.19 bits per heavy atom. The van der Waals surface area contributed by atoms with E-state index in [1.54, 1.807) is 6.07 Å². The van der Waals surface area contributed by atoms with Gasteiger partial charge in [0.2, 0.25) is 0 Å². The Morgan fingerprint density at radius 2 is 1.54 bits per heavy atom. The number of aromatic nitrogens is 2. The van der Waals surface area contributed by atoms with Crippen molar-refractivity contribution in [2.24, 2.45) is 0 Å². The first kappa shape index (κ1) is 16.5. The average molecular weight is 364 g/mol. The van der Waals surface area contributed by atoms with Gasteiger partial charge in [-0.15, -0.1) is 0 Å². The van der Waals surface area contributed by atoms with E-state index in [0.717, 1.165) is 22.5 Å². The van der Waals surface area contributed by atoms with Gasteiger partial charge in [0.05, 0.1) is 15.9 Å². The number of fused-ring (bicyclic) bond motifs is 1. The molecule has 0 spiro atoms. The van der Waals surface area contributed by atoms with Gasteiger partial charge in [0.25, 0.3) is 10.1 Å². The Kier molecular flexibility index (Phi) is 4.06. The molecular formula is C20H16N2O3S.